The number of hydrogen-bond donors (Lipinski definition) is 0. The molecule has 0 aliphatic heterocycles. The fourth-order valence-electron chi connectivity index (χ4n) is 0.447. The molecule has 1 nitrogen and oxygen atoms in total. The summed E-state index contributed by atoms with van der Waals surface area (Å²) >= 11 is 0. The number of allylic oxidation sites excluding steroid dienone is 2. The van der Waals surface area contributed by atoms with Crippen LogP contribution in [0.25, 0.3) is 0 Å². The molecule has 1 radical (unpaired) electrons. The Morgan fingerprint density at radius 1 is 1.25 bits per heavy atom. The van der Waals surface area contributed by atoms with Gasteiger partial charge in [0.25, 0.3) is 0 Å². The summed E-state index contributed by atoms with van der Waals surface area (Å²) in [7, 11) is 3.99. The molecule has 0 aliphatic carbocycles. The molecule has 0 fully saturated rings. The van der Waals surface area contributed by atoms with Crippen molar-refractivity contribution in [1.82, 2.24) is 4.90 Å². The first-order valence-electron chi connectivity index (χ1n) is 2.72. The van der Waals surface area contributed by atoms with E-state index in [9.17, 15) is 0 Å². The number of rotatable bonds is 1. The van der Waals surface area contributed by atoms with E-state index in [0.717, 1.165) is 5.70 Å². The van der Waals surface area contributed by atoms with E-state index in [-0.39, 0.29) is 0 Å². The van der Waals surface area contributed by atoms with Crippen molar-refractivity contribution in [2.75, 3.05) is 14.1 Å². The maximum absolute atomic E-state index is 3.84. The van der Waals surface area contributed by atoms with E-state index >= 15 is 0 Å². The lowest BCUT2D eigenvalue weighted by molar-refractivity contribution is 0.522. The molecule has 8 heavy (non-hydrogen) atoms. The smallest absolute Gasteiger partial charge is 0.0118 e. The minimum absolute atomic E-state index is 1.10. The van der Waals surface area contributed by atoms with Crippen LogP contribution in [0.4, 0.5) is 0 Å². The zero-order chi connectivity index (χ0) is 6.73. The lowest BCUT2D eigenvalue weighted by Gasteiger charge is -2.13. The molecule has 0 rings (SSSR count). The van der Waals surface area contributed by atoms with Crippen molar-refractivity contribution >= 4 is 0 Å². The van der Waals surface area contributed by atoms with Gasteiger partial charge in [0, 0.05) is 19.8 Å². The second-order valence-electron chi connectivity index (χ2n) is 2.34. The number of nitrogens with zero attached hydrogens (tertiary/aromatic N) is 1. The van der Waals surface area contributed by atoms with Gasteiger partial charge in [-0.05, 0) is 20.8 Å². The molecule has 0 saturated heterocycles. The molecule has 0 saturated carbocycles. The standard InChI is InChI=1S/C7H14N/c1-6(2)7(3)8(4)5/h3H2,1-2,4-5H3. The van der Waals surface area contributed by atoms with Gasteiger partial charge in [0.15, 0.2) is 0 Å². The predicted molar refractivity (Wildman–Crippen MR) is 37.4 cm³/mol. The first-order chi connectivity index (χ1) is 3.55. The van der Waals surface area contributed by atoms with Crippen molar-refractivity contribution in [1.29, 1.82) is 0 Å². The molecule has 0 heterocycles. The Morgan fingerprint density at radius 3 is 1.62 bits per heavy atom. The summed E-state index contributed by atoms with van der Waals surface area (Å²) in [6.45, 7) is 7.96. The van der Waals surface area contributed by atoms with Crippen LogP contribution in [0.2, 0.25) is 0 Å². The van der Waals surface area contributed by atoms with Gasteiger partial charge in [0.05, 0.1) is 0 Å². The molecule has 0 N–H and O–H groups in total. The van der Waals surface area contributed by atoms with Gasteiger partial charge in [-0.1, -0.05) is 5.57 Å². The highest BCUT2D eigenvalue weighted by Gasteiger charge is 1.90. The Kier molecular flexibility index (Phi) is 2.59. The van der Waals surface area contributed by atoms with Crippen LogP contribution in [-0.2, 0) is 0 Å². The SMILES string of the molecule is [CH2]C(=C(C)C)N(C)C. The first kappa shape index (κ1) is 7.54. The molecule has 0 bridgehead atoms. The second-order valence-corrected chi connectivity index (χ2v) is 2.34. The minimum atomic E-state index is 1.10. The monoisotopic (exact) mass is 112 g/mol. The van der Waals surface area contributed by atoms with E-state index in [1.165, 1.54) is 5.57 Å². The molecule has 0 atom stereocenters. The van der Waals surface area contributed by atoms with E-state index in [2.05, 4.69) is 20.8 Å². The summed E-state index contributed by atoms with van der Waals surface area (Å²) in [5, 5.41) is 0. The summed E-state index contributed by atoms with van der Waals surface area (Å²) in [4.78, 5) is 2.01. The average Bonchev–Trinajstić information content (AvgIpc) is 1.64. The van der Waals surface area contributed by atoms with Crippen molar-refractivity contribution in [2.45, 2.75) is 13.8 Å². The van der Waals surface area contributed by atoms with Crippen molar-refractivity contribution in [2.24, 2.45) is 0 Å². The minimum Gasteiger partial charge on any atom is -0.381 e. The van der Waals surface area contributed by atoms with Crippen molar-refractivity contribution < 1.29 is 0 Å². The molecule has 0 aromatic rings. The Labute approximate surface area is 52.0 Å². The topological polar surface area (TPSA) is 3.24 Å². The highest BCUT2D eigenvalue weighted by atomic mass is 15.1. The van der Waals surface area contributed by atoms with Crippen LogP contribution in [0.3, 0.4) is 0 Å². The molecular weight excluding hydrogens is 98.1 g/mol. The van der Waals surface area contributed by atoms with Crippen molar-refractivity contribution in [3.63, 3.8) is 0 Å². The van der Waals surface area contributed by atoms with Crippen LogP contribution < -0.4 is 0 Å². The summed E-state index contributed by atoms with van der Waals surface area (Å²) in [6, 6.07) is 0. The summed E-state index contributed by atoms with van der Waals surface area (Å²) < 4.78 is 0. The molecule has 0 spiro atoms. The maximum Gasteiger partial charge on any atom is 0.0118 e. The molecule has 1 heteroatoms. The van der Waals surface area contributed by atoms with Crippen LogP contribution >= 0.6 is 0 Å². The Balaban J connectivity index is 4.00. The van der Waals surface area contributed by atoms with Gasteiger partial charge in [0.2, 0.25) is 0 Å². The lowest BCUT2D eigenvalue weighted by atomic mass is 10.3. The Hall–Kier alpha value is -0.460. The predicted octanol–water partition coefficient (Wildman–Crippen LogP) is 1.68. The Bertz CT molecular complexity index is 97.0. The highest BCUT2D eigenvalue weighted by Crippen LogP contribution is 2.01. The van der Waals surface area contributed by atoms with Gasteiger partial charge in [-0.25, -0.2) is 0 Å². The van der Waals surface area contributed by atoms with E-state index < -0.39 is 0 Å². The maximum atomic E-state index is 3.84. The van der Waals surface area contributed by atoms with Gasteiger partial charge in [-0.2, -0.15) is 0 Å². The van der Waals surface area contributed by atoms with Gasteiger partial charge in [-0.15, -0.1) is 0 Å². The third-order valence-electron chi connectivity index (χ3n) is 1.12. The molecule has 0 unspecified atom stereocenters. The van der Waals surface area contributed by atoms with Crippen molar-refractivity contribution in [3.8, 4) is 0 Å². The van der Waals surface area contributed by atoms with Crippen molar-refractivity contribution in [3.05, 3.63) is 18.2 Å². The van der Waals surface area contributed by atoms with Gasteiger partial charge in [-0.3, -0.25) is 0 Å². The largest absolute Gasteiger partial charge is 0.381 e. The van der Waals surface area contributed by atoms with Crippen LogP contribution in [0.1, 0.15) is 13.8 Å². The lowest BCUT2D eigenvalue weighted by Crippen LogP contribution is -2.09. The first-order valence-corrected chi connectivity index (χ1v) is 2.72. The van der Waals surface area contributed by atoms with E-state index in [1.807, 2.05) is 19.0 Å². The van der Waals surface area contributed by atoms with Crippen LogP contribution in [-0.4, -0.2) is 19.0 Å². The third-order valence-corrected chi connectivity index (χ3v) is 1.12. The molecule has 0 amide bonds. The van der Waals surface area contributed by atoms with E-state index in [1.54, 1.807) is 0 Å². The van der Waals surface area contributed by atoms with E-state index in [4.69, 9.17) is 0 Å². The normalized spacial score (nSPS) is 8.62. The molecule has 0 aromatic heterocycles. The average molecular weight is 112 g/mol. The molecule has 0 aromatic carbocycles. The Morgan fingerprint density at radius 2 is 1.62 bits per heavy atom. The number of hydrogen-bond acceptors (Lipinski definition) is 1. The summed E-state index contributed by atoms with van der Waals surface area (Å²) in [5.74, 6) is 0. The summed E-state index contributed by atoms with van der Waals surface area (Å²) in [6.07, 6.45) is 0. The fourth-order valence-corrected chi connectivity index (χ4v) is 0.447. The van der Waals surface area contributed by atoms with Gasteiger partial charge in [0.1, 0.15) is 0 Å². The summed E-state index contributed by atoms with van der Waals surface area (Å²) in [5.41, 5.74) is 2.38. The molecule has 47 valence electrons. The molecular formula is C7H14N. The van der Waals surface area contributed by atoms with Gasteiger partial charge < -0.3 is 4.90 Å². The van der Waals surface area contributed by atoms with Gasteiger partial charge >= 0.3 is 0 Å². The second kappa shape index (κ2) is 2.75. The fraction of sp³-hybridized carbons (Fsp3) is 0.571. The van der Waals surface area contributed by atoms with Crippen LogP contribution in [0, 0.1) is 6.92 Å². The zero-order valence-corrected chi connectivity index (χ0v) is 6.15. The third kappa shape index (κ3) is 2.01. The molecule has 0 aliphatic rings. The van der Waals surface area contributed by atoms with Crippen LogP contribution in [0.5, 0.6) is 0 Å². The highest BCUT2D eigenvalue weighted by molar-refractivity contribution is 5.09. The zero-order valence-electron chi connectivity index (χ0n) is 6.15. The van der Waals surface area contributed by atoms with E-state index in [0.29, 0.717) is 0 Å². The quantitative estimate of drug-likeness (QED) is 0.499. The van der Waals surface area contributed by atoms with Crippen LogP contribution in [0.15, 0.2) is 11.3 Å².